The summed E-state index contributed by atoms with van der Waals surface area (Å²) in [6.45, 7) is 0. The van der Waals surface area contributed by atoms with Gasteiger partial charge in [-0.15, -0.1) is 0 Å². The molecule has 0 saturated carbocycles. The number of rotatable bonds is 0. The van der Waals surface area contributed by atoms with Crippen molar-refractivity contribution in [3.05, 3.63) is 22.8 Å². The Hall–Kier alpha value is -1.27. The molecule has 0 aliphatic carbocycles. The molecule has 0 amide bonds. The molecule has 10 heavy (non-hydrogen) atoms. The molecule has 1 rings (SSSR count). The average Bonchev–Trinajstić information content (AvgIpc) is 1.94. The zero-order chi connectivity index (χ0) is 7.56. The van der Waals surface area contributed by atoms with E-state index in [0.29, 0.717) is 0 Å². The van der Waals surface area contributed by atoms with Crippen LogP contribution >= 0.6 is 11.6 Å². The molecule has 0 bridgehead atoms. The third kappa shape index (κ3) is 1.17. The molecule has 4 heteroatoms. The summed E-state index contributed by atoms with van der Waals surface area (Å²) in [7, 11) is 0. The Labute approximate surface area is 62.5 Å². The lowest BCUT2D eigenvalue weighted by atomic mass is 10.4. The number of pyridine rings is 1. The fraction of sp³-hybridized carbons (Fsp3) is 0. The first-order valence-corrected chi connectivity index (χ1v) is 2.87. The first-order valence-electron chi connectivity index (χ1n) is 2.49. The monoisotopic (exact) mass is 154 g/mol. The van der Waals surface area contributed by atoms with Gasteiger partial charge >= 0.3 is 0 Å². The fourth-order valence-corrected chi connectivity index (χ4v) is 0.658. The molecule has 50 valence electrons. The highest BCUT2D eigenvalue weighted by atomic mass is 35.5. The smallest absolute Gasteiger partial charge is 0.212 e. The van der Waals surface area contributed by atoms with Crippen LogP contribution in [0.15, 0.2) is 12.1 Å². The normalized spacial score (nSPS) is 8.80. The molecule has 1 heterocycles. The maximum atomic E-state index is 8.75. The Morgan fingerprint density at radius 3 is 2.80 bits per heavy atom. The summed E-state index contributed by atoms with van der Waals surface area (Å²) in [5.74, 6) is -0.194. The number of halogens is 1. The van der Waals surface area contributed by atoms with Gasteiger partial charge in [-0.2, -0.15) is 5.26 Å². The highest BCUT2D eigenvalue weighted by molar-refractivity contribution is 6.31. The predicted octanol–water partition coefficient (Wildman–Crippen LogP) is 1.31. The van der Waals surface area contributed by atoms with Gasteiger partial charge in [0, 0.05) is 6.07 Å². The van der Waals surface area contributed by atoms with Crippen LogP contribution in [0.1, 0.15) is 5.69 Å². The van der Waals surface area contributed by atoms with Crippen LogP contribution in [0.2, 0.25) is 5.02 Å². The Morgan fingerprint density at radius 1 is 1.60 bits per heavy atom. The first-order chi connectivity index (χ1) is 4.74. The summed E-state index contributed by atoms with van der Waals surface area (Å²) in [5.41, 5.74) is 0.0432. The van der Waals surface area contributed by atoms with Crippen molar-refractivity contribution in [3.8, 4) is 11.9 Å². The number of nitrogens with zero attached hydrogens (tertiary/aromatic N) is 2. The van der Waals surface area contributed by atoms with E-state index in [0.717, 1.165) is 0 Å². The van der Waals surface area contributed by atoms with Crippen LogP contribution < -0.4 is 0 Å². The standard InChI is InChI=1S/C6H3ClN2O/c7-4-1-2-6(10)9-5(4)3-8/h1-2H,(H,9,10). The molecule has 1 aromatic heterocycles. The Balaban J connectivity index is 3.25. The minimum Gasteiger partial charge on any atom is -0.493 e. The Kier molecular flexibility index (Phi) is 1.74. The molecule has 1 N–H and O–H groups in total. The van der Waals surface area contributed by atoms with Crippen LogP contribution in [0.5, 0.6) is 5.88 Å². The second-order valence-electron chi connectivity index (χ2n) is 1.61. The molecule has 0 fully saturated rings. The molecule has 3 nitrogen and oxygen atoms in total. The lowest BCUT2D eigenvalue weighted by Crippen LogP contribution is -1.82. The Morgan fingerprint density at radius 2 is 2.30 bits per heavy atom. The second-order valence-corrected chi connectivity index (χ2v) is 2.02. The van der Waals surface area contributed by atoms with Crippen LogP contribution in [0, 0.1) is 11.3 Å². The van der Waals surface area contributed by atoms with Crippen LogP contribution in [-0.4, -0.2) is 10.1 Å². The highest BCUT2D eigenvalue weighted by Crippen LogP contribution is 2.15. The van der Waals surface area contributed by atoms with Crippen molar-refractivity contribution in [2.45, 2.75) is 0 Å². The zero-order valence-electron chi connectivity index (χ0n) is 4.87. The summed E-state index contributed by atoms with van der Waals surface area (Å²) in [4.78, 5) is 3.45. The third-order valence-corrected chi connectivity index (χ3v) is 1.24. The molecular weight excluding hydrogens is 152 g/mol. The van der Waals surface area contributed by atoms with E-state index in [1.165, 1.54) is 12.1 Å². The van der Waals surface area contributed by atoms with Gasteiger partial charge in [0.15, 0.2) is 5.69 Å². The number of aromatic nitrogens is 1. The number of aromatic hydroxyl groups is 1. The van der Waals surface area contributed by atoms with E-state index in [9.17, 15) is 0 Å². The summed E-state index contributed by atoms with van der Waals surface area (Å²) in [6.07, 6.45) is 0. The summed E-state index contributed by atoms with van der Waals surface area (Å²) < 4.78 is 0. The molecule has 1 aromatic rings. The van der Waals surface area contributed by atoms with Crippen molar-refractivity contribution in [2.75, 3.05) is 0 Å². The van der Waals surface area contributed by atoms with E-state index >= 15 is 0 Å². The van der Waals surface area contributed by atoms with Gasteiger partial charge < -0.3 is 5.11 Å². The predicted molar refractivity (Wildman–Crippen MR) is 35.6 cm³/mol. The molecule has 0 radical (unpaired) electrons. The minimum absolute atomic E-state index is 0.0432. The topological polar surface area (TPSA) is 56.9 Å². The van der Waals surface area contributed by atoms with Gasteiger partial charge in [0.2, 0.25) is 5.88 Å². The SMILES string of the molecule is N#Cc1nc(O)ccc1Cl. The van der Waals surface area contributed by atoms with Crippen molar-refractivity contribution >= 4 is 11.6 Å². The minimum atomic E-state index is -0.194. The lowest BCUT2D eigenvalue weighted by molar-refractivity contribution is 0.453. The molecule has 0 aromatic carbocycles. The first kappa shape index (κ1) is 6.84. The summed E-state index contributed by atoms with van der Waals surface area (Å²) in [6, 6.07) is 4.47. The van der Waals surface area contributed by atoms with Crippen LogP contribution in [0.3, 0.4) is 0 Å². The summed E-state index contributed by atoms with van der Waals surface area (Å²) in [5, 5.41) is 17.3. The molecule has 0 spiro atoms. The quantitative estimate of drug-likeness (QED) is 0.613. The van der Waals surface area contributed by atoms with Crippen molar-refractivity contribution in [3.63, 3.8) is 0 Å². The van der Waals surface area contributed by atoms with Crippen LogP contribution in [-0.2, 0) is 0 Å². The Bertz CT molecular complexity index is 292. The van der Waals surface area contributed by atoms with Crippen molar-refractivity contribution in [2.24, 2.45) is 0 Å². The van der Waals surface area contributed by atoms with Gasteiger partial charge in [-0.3, -0.25) is 0 Å². The van der Waals surface area contributed by atoms with Gasteiger partial charge in [-0.05, 0) is 6.07 Å². The molecule has 0 aliphatic heterocycles. The molecular formula is C6H3ClN2O. The number of hydrogen-bond acceptors (Lipinski definition) is 3. The average molecular weight is 155 g/mol. The lowest BCUT2D eigenvalue weighted by Gasteiger charge is -1.92. The third-order valence-electron chi connectivity index (χ3n) is 0.937. The van der Waals surface area contributed by atoms with Crippen molar-refractivity contribution in [1.29, 1.82) is 5.26 Å². The van der Waals surface area contributed by atoms with Crippen molar-refractivity contribution in [1.82, 2.24) is 4.98 Å². The maximum Gasteiger partial charge on any atom is 0.212 e. The van der Waals surface area contributed by atoms with Gasteiger partial charge in [-0.25, -0.2) is 4.98 Å². The van der Waals surface area contributed by atoms with Gasteiger partial charge in [0.1, 0.15) is 6.07 Å². The van der Waals surface area contributed by atoms with E-state index in [2.05, 4.69) is 4.98 Å². The van der Waals surface area contributed by atoms with E-state index in [-0.39, 0.29) is 16.6 Å². The molecule has 0 atom stereocenters. The largest absolute Gasteiger partial charge is 0.493 e. The van der Waals surface area contributed by atoms with Gasteiger partial charge in [-0.1, -0.05) is 11.6 Å². The highest BCUT2D eigenvalue weighted by Gasteiger charge is 1.99. The molecule has 0 unspecified atom stereocenters. The summed E-state index contributed by atoms with van der Waals surface area (Å²) >= 11 is 5.50. The maximum absolute atomic E-state index is 8.75. The second kappa shape index (κ2) is 2.54. The van der Waals surface area contributed by atoms with Gasteiger partial charge in [0.25, 0.3) is 0 Å². The van der Waals surface area contributed by atoms with E-state index in [1.807, 2.05) is 0 Å². The molecule has 0 aliphatic rings. The number of nitriles is 1. The van der Waals surface area contributed by atoms with E-state index < -0.39 is 0 Å². The zero-order valence-corrected chi connectivity index (χ0v) is 5.63. The number of hydrogen-bond donors (Lipinski definition) is 1. The molecule has 0 saturated heterocycles. The van der Waals surface area contributed by atoms with E-state index in [4.69, 9.17) is 22.0 Å². The van der Waals surface area contributed by atoms with Crippen molar-refractivity contribution < 1.29 is 5.11 Å². The van der Waals surface area contributed by atoms with Crippen LogP contribution in [0.4, 0.5) is 0 Å². The van der Waals surface area contributed by atoms with E-state index in [1.54, 1.807) is 6.07 Å². The van der Waals surface area contributed by atoms with Gasteiger partial charge in [0.05, 0.1) is 5.02 Å². The van der Waals surface area contributed by atoms with Crippen LogP contribution in [0.25, 0.3) is 0 Å². The fourth-order valence-electron chi connectivity index (χ4n) is 0.510.